The molecule has 0 aliphatic carbocycles. The van der Waals surface area contributed by atoms with E-state index >= 15 is 0 Å². The Morgan fingerprint density at radius 2 is 2.37 bits per heavy atom. The summed E-state index contributed by atoms with van der Waals surface area (Å²) in [6.45, 7) is 5.02. The number of nitrogens with zero attached hydrogens (tertiary/aromatic N) is 3. The second kappa shape index (κ2) is 5.55. The van der Waals surface area contributed by atoms with E-state index in [1.54, 1.807) is 10.9 Å². The van der Waals surface area contributed by atoms with E-state index in [2.05, 4.69) is 20.6 Å². The van der Waals surface area contributed by atoms with Crippen LogP contribution in [0.1, 0.15) is 28.7 Å². The van der Waals surface area contributed by atoms with Crippen LogP contribution >= 0.6 is 0 Å². The summed E-state index contributed by atoms with van der Waals surface area (Å²) >= 11 is 0. The van der Waals surface area contributed by atoms with Gasteiger partial charge in [0.05, 0.1) is 24.1 Å². The van der Waals surface area contributed by atoms with Gasteiger partial charge in [0, 0.05) is 12.7 Å². The molecule has 0 aromatic carbocycles. The van der Waals surface area contributed by atoms with E-state index in [4.69, 9.17) is 5.73 Å². The van der Waals surface area contributed by atoms with E-state index in [9.17, 15) is 4.79 Å². The molecule has 0 aliphatic rings. The molecule has 2 aromatic rings. The summed E-state index contributed by atoms with van der Waals surface area (Å²) in [7, 11) is 0. The van der Waals surface area contributed by atoms with Crippen molar-refractivity contribution in [3.05, 3.63) is 29.3 Å². The number of rotatable bonds is 5. The molecule has 0 radical (unpaired) electrons. The summed E-state index contributed by atoms with van der Waals surface area (Å²) in [6.07, 6.45) is 4.42. The number of nitrogens with two attached hydrogens (primary N) is 1. The van der Waals surface area contributed by atoms with Crippen LogP contribution in [0.2, 0.25) is 0 Å². The van der Waals surface area contributed by atoms with E-state index < -0.39 is 0 Å². The Morgan fingerprint density at radius 1 is 1.58 bits per heavy atom. The number of nitrogens with one attached hydrogen (secondary N) is 2. The quantitative estimate of drug-likeness (QED) is 0.729. The maximum absolute atomic E-state index is 11.9. The Kier molecular flexibility index (Phi) is 3.84. The highest BCUT2D eigenvalue weighted by atomic mass is 16.1. The van der Waals surface area contributed by atoms with Crippen LogP contribution in [-0.4, -0.2) is 32.4 Å². The molecule has 7 nitrogen and oxygen atoms in total. The van der Waals surface area contributed by atoms with Crippen molar-refractivity contribution in [3.8, 4) is 0 Å². The predicted molar refractivity (Wildman–Crippen MR) is 71.7 cm³/mol. The van der Waals surface area contributed by atoms with Gasteiger partial charge in [0.15, 0.2) is 5.69 Å². The van der Waals surface area contributed by atoms with E-state index in [0.717, 1.165) is 17.7 Å². The van der Waals surface area contributed by atoms with Crippen LogP contribution in [0.5, 0.6) is 0 Å². The summed E-state index contributed by atoms with van der Waals surface area (Å²) < 4.78 is 1.78. The van der Waals surface area contributed by atoms with Crippen molar-refractivity contribution in [3.63, 3.8) is 0 Å². The first-order valence-corrected chi connectivity index (χ1v) is 6.21. The molecule has 7 heteroatoms. The first-order chi connectivity index (χ1) is 9.11. The Hall–Kier alpha value is -2.31. The highest BCUT2D eigenvalue weighted by molar-refractivity contribution is 5.97. The maximum Gasteiger partial charge on any atom is 0.274 e. The normalized spacial score (nSPS) is 10.6. The minimum absolute atomic E-state index is 0.258. The van der Waals surface area contributed by atoms with Crippen molar-refractivity contribution in [2.24, 2.45) is 0 Å². The van der Waals surface area contributed by atoms with Crippen LogP contribution in [0.3, 0.4) is 0 Å². The molecule has 1 amide bonds. The minimum atomic E-state index is -0.266. The van der Waals surface area contributed by atoms with Crippen LogP contribution in [0.4, 0.5) is 5.69 Å². The molecule has 2 heterocycles. The first kappa shape index (κ1) is 13.1. The van der Waals surface area contributed by atoms with Gasteiger partial charge in [-0.05, 0) is 18.9 Å². The van der Waals surface area contributed by atoms with Gasteiger partial charge in [0.25, 0.3) is 5.91 Å². The molecule has 2 aromatic heterocycles. The Morgan fingerprint density at radius 3 is 2.95 bits per heavy atom. The van der Waals surface area contributed by atoms with Crippen LogP contribution in [0.25, 0.3) is 0 Å². The van der Waals surface area contributed by atoms with Gasteiger partial charge in [-0.1, -0.05) is 6.92 Å². The zero-order valence-electron chi connectivity index (χ0n) is 11.1. The Balaban J connectivity index is 1.89. The number of H-pyrrole nitrogens is 1. The van der Waals surface area contributed by atoms with Gasteiger partial charge in [0.2, 0.25) is 0 Å². The molecule has 0 spiro atoms. The van der Waals surface area contributed by atoms with Gasteiger partial charge in [-0.25, -0.2) is 0 Å². The summed E-state index contributed by atoms with van der Waals surface area (Å²) in [4.78, 5) is 11.9. The van der Waals surface area contributed by atoms with Crippen LogP contribution in [0.15, 0.2) is 12.4 Å². The topological polar surface area (TPSA) is 102 Å². The summed E-state index contributed by atoms with van der Waals surface area (Å²) in [6, 6.07) is 0. The molecular weight excluding hydrogens is 244 g/mol. The number of hydrogen-bond donors (Lipinski definition) is 3. The van der Waals surface area contributed by atoms with Crippen LogP contribution < -0.4 is 11.1 Å². The summed E-state index contributed by atoms with van der Waals surface area (Å²) in [5, 5.41) is 13.6. The molecule has 0 aliphatic heterocycles. The highest BCUT2D eigenvalue weighted by Gasteiger charge is 2.15. The smallest absolute Gasteiger partial charge is 0.274 e. The van der Waals surface area contributed by atoms with E-state index in [-0.39, 0.29) is 11.6 Å². The highest BCUT2D eigenvalue weighted by Crippen LogP contribution is 2.13. The van der Waals surface area contributed by atoms with Crippen molar-refractivity contribution < 1.29 is 4.79 Å². The number of hydrogen-bond acceptors (Lipinski definition) is 4. The average Bonchev–Trinajstić information content (AvgIpc) is 2.95. The third-order valence-corrected chi connectivity index (χ3v) is 2.84. The number of aryl methyl sites for hydroxylation is 2. The lowest BCUT2D eigenvalue weighted by atomic mass is 10.2. The molecule has 0 unspecified atom stereocenters. The fourth-order valence-electron chi connectivity index (χ4n) is 1.79. The van der Waals surface area contributed by atoms with Crippen molar-refractivity contribution in [1.29, 1.82) is 0 Å². The fraction of sp³-hybridized carbons (Fsp3) is 0.417. The summed E-state index contributed by atoms with van der Waals surface area (Å²) in [5.74, 6) is -0.266. The van der Waals surface area contributed by atoms with Crippen molar-refractivity contribution in [1.82, 2.24) is 25.3 Å². The van der Waals surface area contributed by atoms with Crippen LogP contribution in [-0.2, 0) is 13.0 Å². The number of amides is 1. The second-order valence-corrected chi connectivity index (χ2v) is 4.35. The number of aromatic nitrogens is 4. The predicted octanol–water partition coefficient (Wildman–Crippen LogP) is 0.489. The number of carbonyl (C=O) groups is 1. The molecule has 0 saturated carbocycles. The summed E-state index contributed by atoms with van der Waals surface area (Å²) in [5.41, 5.74) is 8.39. The Labute approximate surface area is 111 Å². The average molecular weight is 262 g/mol. The largest absolute Gasteiger partial charge is 0.395 e. The number of carbonyl (C=O) groups excluding carboxylic acids is 1. The zero-order valence-corrected chi connectivity index (χ0v) is 11.1. The lowest BCUT2D eigenvalue weighted by Gasteiger charge is -2.04. The molecule has 0 bridgehead atoms. The van der Waals surface area contributed by atoms with Crippen molar-refractivity contribution in [2.75, 3.05) is 12.3 Å². The van der Waals surface area contributed by atoms with Crippen molar-refractivity contribution in [2.45, 2.75) is 26.8 Å². The Bertz CT molecular complexity index is 571. The van der Waals surface area contributed by atoms with Gasteiger partial charge in [-0.3, -0.25) is 14.6 Å². The molecule has 2 rings (SSSR count). The van der Waals surface area contributed by atoms with E-state index in [0.29, 0.717) is 18.8 Å². The lowest BCUT2D eigenvalue weighted by Crippen LogP contribution is -2.28. The van der Waals surface area contributed by atoms with Gasteiger partial charge in [0.1, 0.15) is 0 Å². The monoisotopic (exact) mass is 262 g/mol. The van der Waals surface area contributed by atoms with Gasteiger partial charge in [-0.2, -0.15) is 10.2 Å². The van der Waals surface area contributed by atoms with E-state index in [1.165, 1.54) is 0 Å². The lowest BCUT2D eigenvalue weighted by molar-refractivity contribution is 0.0948. The molecule has 0 fully saturated rings. The van der Waals surface area contributed by atoms with Gasteiger partial charge >= 0.3 is 0 Å². The molecule has 0 atom stereocenters. The van der Waals surface area contributed by atoms with Gasteiger partial charge < -0.3 is 11.1 Å². The van der Waals surface area contributed by atoms with Crippen molar-refractivity contribution >= 4 is 11.6 Å². The number of aromatic amines is 1. The fourth-order valence-corrected chi connectivity index (χ4v) is 1.79. The molecule has 19 heavy (non-hydrogen) atoms. The maximum atomic E-state index is 11.9. The standard InChI is InChI=1S/C12H18N6O/c1-3-9-10(13)11(17-16-9)12(19)14-4-5-18-7-8(2)6-15-18/h6-7H,3-5,13H2,1-2H3,(H,14,19)(H,16,17). The zero-order chi connectivity index (χ0) is 13.8. The van der Waals surface area contributed by atoms with Gasteiger partial charge in [-0.15, -0.1) is 0 Å². The third kappa shape index (κ3) is 2.93. The number of anilines is 1. The SMILES string of the molecule is CCc1[nH]nc(C(=O)NCCn2cc(C)cn2)c1N. The molecule has 102 valence electrons. The minimum Gasteiger partial charge on any atom is -0.395 e. The number of nitrogen functional groups attached to an aromatic ring is 1. The second-order valence-electron chi connectivity index (χ2n) is 4.35. The van der Waals surface area contributed by atoms with Crippen LogP contribution in [0, 0.1) is 6.92 Å². The third-order valence-electron chi connectivity index (χ3n) is 2.84. The first-order valence-electron chi connectivity index (χ1n) is 6.21. The molecular formula is C12H18N6O. The molecule has 0 saturated heterocycles. The molecule has 4 N–H and O–H groups in total. The van der Waals surface area contributed by atoms with E-state index in [1.807, 2.05) is 20.0 Å².